The third-order valence-electron chi connectivity index (χ3n) is 2.53. The average Bonchev–Trinajstić information content (AvgIpc) is 2.29. The summed E-state index contributed by atoms with van der Waals surface area (Å²) in [6.07, 6.45) is 4.28. The van der Waals surface area contributed by atoms with Gasteiger partial charge in [-0.15, -0.1) is 0 Å². The van der Waals surface area contributed by atoms with Crippen molar-refractivity contribution in [3.05, 3.63) is 30.1 Å². The Morgan fingerprint density at radius 1 is 1.50 bits per heavy atom. The molecule has 1 aromatic rings. The normalized spacial score (nSPS) is 12.8. The van der Waals surface area contributed by atoms with Crippen LogP contribution in [0.25, 0.3) is 0 Å². The fraction of sp³-hybridized carbons (Fsp3) is 0.538. The third-order valence-corrected chi connectivity index (χ3v) is 2.53. The summed E-state index contributed by atoms with van der Waals surface area (Å²) >= 11 is 0. The molecule has 1 atom stereocenters. The van der Waals surface area contributed by atoms with Crippen LogP contribution >= 0.6 is 0 Å². The molecule has 0 radical (unpaired) electrons. The lowest BCUT2D eigenvalue weighted by molar-refractivity contribution is -0.123. The molecule has 1 heterocycles. The Hall–Kier alpha value is -1.22. The lowest BCUT2D eigenvalue weighted by Gasteiger charge is -2.18. The molecule has 0 aliphatic heterocycles. The molecule has 16 heavy (non-hydrogen) atoms. The third kappa shape index (κ3) is 3.74. The topological polar surface area (TPSA) is 42.0 Å². The molecule has 0 saturated carbocycles. The van der Waals surface area contributed by atoms with Gasteiger partial charge < -0.3 is 5.32 Å². The van der Waals surface area contributed by atoms with Crippen molar-refractivity contribution in [1.29, 1.82) is 0 Å². The van der Waals surface area contributed by atoms with Gasteiger partial charge in [-0.3, -0.25) is 9.78 Å². The molecule has 1 unspecified atom stereocenters. The zero-order chi connectivity index (χ0) is 12.0. The summed E-state index contributed by atoms with van der Waals surface area (Å²) in [6.45, 7) is 6.71. The molecule has 0 aromatic carbocycles. The van der Waals surface area contributed by atoms with Crippen molar-refractivity contribution < 1.29 is 4.79 Å². The molecule has 1 rings (SSSR count). The van der Waals surface area contributed by atoms with E-state index in [1.807, 2.05) is 39.1 Å². The number of carbonyl (C=O) groups excluding carboxylic acids is 1. The van der Waals surface area contributed by atoms with E-state index < -0.39 is 0 Å². The number of hydrogen-bond acceptors (Lipinski definition) is 3. The van der Waals surface area contributed by atoms with Crippen LogP contribution in [-0.2, 0) is 11.2 Å². The summed E-state index contributed by atoms with van der Waals surface area (Å²) in [6, 6.07) is 3.82. The Morgan fingerprint density at radius 3 is 2.75 bits per heavy atom. The van der Waals surface area contributed by atoms with E-state index in [4.69, 9.17) is 0 Å². The predicted octanol–water partition coefficient (Wildman–Crippen LogP) is 1.83. The van der Waals surface area contributed by atoms with Gasteiger partial charge in [0.15, 0.2) is 5.78 Å². The van der Waals surface area contributed by atoms with Crippen LogP contribution in [-0.4, -0.2) is 23.4 Å². The Balaban J connectivity index is 2.68. The van der Waals surface area contributed by atoms with Gasteiger partial charge >= 0.3 is 0 Å². The molecular formula is C13H20N2O. The van der Waals surface area contributed by atoms with Crippen LogP contribution in [0.5, 0.6) is 0 Å². The highest BCUT2D eigenvalue weighted by molar-refractivity contribution is 5.86. The van der Waals surface area contributed by atoms with E-state index in [2.05, 4.69) is 10.3 Å². The van der Waals surface area contributed by atoms with Gasteiger partial charge in [-0.05, 0) is 24.6 Å². The smallest absolute Gasteiger partial charge is 0.152 e. The monoisotopic (exact) mass is 220 g/mol. The Bertz CT molecular complexity index is 322. The molecule has 0 bridgehead atoms. The number of ketones is 1. The molecule has 0 fully saturated rings. The van der Waals surface area contributed by atoms with E-state index in [0.717, 1.165) is 18.5 Å². The number of aromatic nitrogens is 1. The molecule has 0 amide bonds. The lowest BCUT2D eigenvalue weighted by atomic mass is 9.96. The fourth-order valence-electron chi connectivity index (χ4n) is 1.68. The first kappa shape index (κ1) is 12.8. The lowest BCUT2D eigenvalue weighted by Crippen LogP contribution is -2.40. The van der Waals surface area contributed by atoms with Crippen LogP contribution in [0.4, 0.5) is 0 Å². The maximum Gasteiger partial charge on any atom is 0.152 e. The van der Waals surface area contributed by atoms with Crippen molar-refractivity contribution in [2.45, 2.75) is 33.2 Å². The van der Waals surface area contributed by atoms with Crippen molar-refractivity contribution in [2.75, 3.05) is 6.54 Å². The van der Waals surface area contributed by atoms with E-state index in [-0.39, 0.29) is 17.7 Å². The molecule has 0 aliphatic rings. The second kappa shape index (κ2) is 6.38. The average molecular weight is 220 g/mol. The number of nitrogens with one attached hydrogen (secondary N) is 1. The first-order chi connectivity index (χ1) is 7.65. The minimum absolute atomic E-state index is 0.0701. The molecule has 0 aliphatic carbocycles. The standard InChI is InChI=1S/C13H20N2O/c1-4-15-12(13(16)10(2)3)8-11-6-5-7-14-9-11/h5-7,9-10,12,15H,4,8H2,1-3H3. The van der Waals surface area contributed by atoms with Gasteiger partial charge in [0.25, 0.3) is 0 Å². The van der Waals surface area contributed by atoms with Crippen LogP contribution in [0.1, 0.15) is 26.3 Å². The first-order valence-corrected chi connectivity index (χ1v) is 5.81. The van der Waals surface area contributed by atoms with Crippen molar-refractivity contribution >= 4 is 5.78 Å². The number of pyridine rings is 1. The number of hydrogen-bond donors (Lipinski definition) is 1. The Morgan fingerprint density at radius 2 is 2.25 bits per heavy atom. The zero-order valence-corrected chi connectivity index (χ0v) is 10.2. The number of Topliss-reactive ketones (excluding diaryl/α,β-unsaturated/α-hetero) is 1. The number of likely N-dealkylation sites (N-methyl/N-ethyl adjacent to an activating group) is 1. The van der Waals surface area contributed by atoms with Crippen molar-refractivity contribution in [1.82, 2.24) is 10.3 Å². The minimum atomic E-state index is -0.0887. The summed E-state index contributed by atoms with van der Waals surface area (Å²) in [4.78, 5) is 16.0. The van der Waals surface area contributed by atoms with Crippen LogP contribution in [0.2, 0.25) is 0 Å². The van der Waals surface area contributed by atoms with Crippen LogP contribution in [0.3, 0.4) is 0 Å². The molecule has 1 N–H and O–H groups in total. The van der Waals surface area contributed by atoms with Crippen LogP contribution in [0, 0.1) is 5.92 Å². The van der Waals surface area contributed by atoms with E-state index >= 15 is 0 Å². The Kier molecular flexibility index (Phi) is 5.12. The van der Waals surface area contributed by atoms with Gasteiger partial charge in [-0.2, -0.15) is 0 Å². The molecule has 3 nitrogen and oxygen atoms in total. The number of carbonyl (C=O) groups is 1. The van der Waals surface area contributed by atoms with Crippen LogP contribution < -0.4 is 5.32 Å². The summed E-state index contributed by atoms with van der Waals surface area (Å²) in [5.74, 6) is 0.339. The van der Waals surface area contributed by atoms with Gasteiger partial charge in [0.05, 0.1) is 6.04 Å². The van der Waals surface area contributed by atoms with Crippen molar-refractivity contribution in [2.24, 2.45) is 5.92 Å². The van der Waals surface area contributed by atoms with Crippen molar-refractivity contribution in [3.63, 3.8) is 0 Å². The molecule has 0 spiro atoms. The highest BCUT2D eigenvalue weighted by atomic mass is 16.1. The predicted molar refractivity (Wildman–Crippen MR) is 65.3 cm³/mol. The SMILES string of the molecule is CCNC(Cc1cccnc1)C(=O)C(C)C. The largest absolute Gasteiger partial charge is 0.307 e. The molecule has 88 valence electrons. The summed E-state index contributed by atoms with van der Waals surface area (Å²) in [5.41, 5.74) is 1.10. The number of nitrogens with zero attached hydrogens (tertiary/aromatic N) is 1. The summed E-state index contributed by atoms with van der Waals surface area (Å²) in [7, 11) is 0. The molecule has 1 aromatic heterocycles. The quantitative estimate of drug-likeness (QED) is 0.795. The van der Waals surface area contributed by atoms with Crippen molar-refractivity contribution in [3.8, 4) is 0 Å². The second-order valence-electron chi connectivity index (χ2n) is 4.23. The zero-order valence-electron chi connectivity index (χ0n) is 10.2. The van der Waals surface area contributed by atoms with Gasteiger partial charge in [0.1, 0.15) is 0 Å². The van der Waals surface area contributed by atoms with Gasteiger partial charge in [0.2, 0.25) is 0 Å². The highest BCUT2D eigenvalue weighted by Gasteiger charge is 2.20. The minimum Gasteiger partial charge on any atom is -0.307 e. The van der Waals surface area contributed by atoms with Gasteiger partial charge in [-0.25, -0.2) is 0 Å². The van der Waals surface area contributed by atoms with Crippen LogP contribution in [0.15, 0.2) is 24.5 Å². The first-order valence-electron chi connectivity index (χ1n) is 5.81. The van der Waals surface area contributed by atoms with E-state index in [9.17, 15) is 4.79 Å². The highest BCUT2D eigenvalue weighted by Crippen LogP contribution is 2.07. The molecule has 0 saturated heterocycles. The van der Waals surface area contributed by atoms with E-state index in [0.29, 0.717) is 0 Å². The van der Waals surface area contributed by atoms with E-state index in [1.54, 1.807) is 6.20 Å². The van der Waals surface area contributed by atoms with Gasteiger partial charge in [0, 0.05) is 18.3 Å². The van der Waals surface area contributed by atoms with E-state index in [1.165, 1.54) is 0 Å². The summed E-state index contributed by atoms with van der Waals surface area (Å²) < 4.78 is 0. The maximum atomic E-state index is 12.0. The molecular weight excluding hydrogens is 200 g/mol. The fourth-order valence-corrected chi connectivity index (χ4v) is 1.68. The maximum absolute atomic E-state index is 12.0. The Labute approximate surface area is 97.3 Å². The molecule has 3 heteroatoms. The number of rotatable bonds is 6. The summed E-state index contributed by atoms with van der Waals surface area (Å²) in [5, 5.41) is 3.23. The van der Waals surface area contributed by atoms with Gasteiger partial charge in [-0.1, -0.05) is 26.8 Å². The second-order valence-corrected chi connectivity index (χ2v) is 4.23.